The first kappa shape index (κ1) is 14.1. The van der Waals surface area contributed by atoms with E-state index in [2.05, 4.69) is 6.92 Å². The Bertz CT molecular complexity index is 376. The lowest BCUT2D eigenvalue weighted by atomic mass is 9.99. The molecule has 0 aliphatic heterocycles. The Kier molecular flexibility index (Phi) is 5.56. The Labute approximate surface area is 108 Å². The fourth-order valence-corrected chi connectivity index (χ4v) is 2.63. The van der Waals surface area contributed by atoms with Gasteiger partial charge in [-0.15, -0.1) is 0 Å². The van der Waals surface area contributed by atoms with Crippen LogP contribution in [0.15, 0.2) is 12.1 Å². The van der Waals surface area contributed by atoms with Gasteiger partial charge in [0.05, 0.1) is 12.9 Å². The molecule has 0 N–H and O–H groups in total. The Morgan fingerprint density at radius 1 is 1.29 bits per heavy atom. The molecule has 1 aromatic carbocycles. The number of methoxy groups -OCH3 is 1. The van der Waals surface area contributed by atoms with Crippen molar-refractivity contribution in [3.63, 3.8) is 0 Å². The largest absolute Gasteiger partial charge is 0.497 e. The molecule has 0 amide bonds. The van der Waals surface area contributed by atoms with Crippen LogP contribution >= 0.6 is 11.8 Å². The van der Waals surface area contributed by atoms with Crippen LogP contribution in [0.5, 0.6) is 5.75 Å². The number of Topliss-reactive ketones (excluding diaryl/α,β-unsaturated/α-hetero) is 1. The van der Waals surface area contributed by atoms with Gasteiger partial charge in [0.15, 0.2) is 5.78 Å². The average Bonchev–Trinajstić information content (AvgIpc) is 2.28. The standard InChI is InChI=1S/C14H20O2S/c1-5-6-17-9-13(15)14-10(2)7-12(16-4)8-11(14)3/h7-8H,5-6,9H2,1-4H3. The summed E-state index contributed by atoms with van der Waals surface area (Å²) in [4.78, 5) is 12.1. The van der Waals surface area contributed by atoms with Gasteiger partial charge in [0.1, 0.15) is 5.75 Å². The Balaban J connectivity index is 2.86. The molecule has 17 heavy (non-hydrogen) atoms. The van der Waals surface area contributed by atoms with E-state index >= 15 is 0 Å². The molecule has 0 fully saturated rings. The molecule has 1 rings (SSSR count). The lowest BCUT2D eigenvalue weighted by Crippen LogP contribution is -2.08. The number of rotatable bonds is 6. The minimum absolute atomic E-state index is 0.223. The number of ketones is 1. The molecule has 0 saturated heterocycles. The minimum Gasteiger partial charge on any atom is -0.497 e. The van der Waals surface area contributed by atoms with E-state index in [1.54, 1.807) is 18.9 Å². The molecule has 3 heteroatoms. The number of benzene rings is 1. The van der Waals surface area contributed by atoms with Gasteiger partial charge in [-0.25, -0.2) is 0 Å². The van der Waals surface area contributed by atoms with Gasteiger partial charge in [-0.3, -0.25) is 4.79 Å². The second kappa shape index (κ2) is 6.70. The van der Waals surface area contributed by atoms with Gasteiger partial charge >= 0.3 is 0 Å². The van der Waals surface area contributed by atoms with Crippen LogP contribution in [0.2, 0.25) is 0 Å². The van der Waals surface area contributed by atoms with Crippen LogP contribution in [0.25, 0.3) is 0 Å². The van der Waals surface area contributed by atoms with Gasteiger partial charge in [0.25, 0.3) is 0 Å². The van der Waals surface area contributed by atoms with E-state index in [-0.39, 0.29) is 5.78 Å². The first-order valence-electron chi connectivity index (χ1n) is 5.86. The number of thioether (sulfide) groups is 1. The molecule has 94 valence electrons. The molecule has 1 aromatic rings. The van der Waals surface area contributed by atoms with Crippen LogP contribution in [0.4, 0.5) is 0 Å². The Morgan fingerprint density at radius 3 is 2.35 bits per heavy atom. The quantitative estimate of drug-likeness (QED) is 0.571. The summed E-state index contributed by atoms with van der Waals surface area (Å²) >= 11 is 1.70. The third-order valence-corrected chi connectivity index (χ3v) is 3.77. The van der Waals surface area contributed by atoms with E-state index in [9.17, 15) is 4.79 Å². The van der Waals surface area contributed by atoms with E-state index in [4.69, 9.17) is 4.74 Å². The summed E-state index contributed by atoms with van der Waals surface area (Å²) in [6.07, 6.45) is 1.11. The number of hydrogen-bond acceptors (Lipinski definition) is 3. The lowest BCUT2D eigenvalue weighted by Gasteiger charge is -2.11. The van der Waals surface area contributed by atoms with Crippen LogP contribution < -0.4 is 4.74 Å². The van der Waals surface area contributed by atoms with Crippen molar-refractivity contribution in [2.45, 2.75) is 27.2 Å². The molecule has 0 saturated carbocycles. The minimum atomic E-state index is 0.223. The second-order valence-electron chi connectivity index (χ2n) is 4.11. The van der Waals surface area contributed by atoms with Crippen LogP contribution in [-0.4, -0.2) is 24.4 Å². The summed E-state index contributed by atoms with van der Waals surface area (Å²) in [6.45, 7) is 6.06. The van der Waals surface area contributed by atoms with Gasteiger partial charge in [0.2, 0.25) is 0 Å². The molecular formula is C14H20O2S. The molecule has 0 unspecified atom stereocenters. The first-order chi connectivity index (χ1) is 8.10. The smallest absolute Gasteiger partial charge is 0.173 e. The van der Waals surface area contributed by atoms with Crippen molar-refractivity contribution in [1.82, 2.24) is 0 Å². The molecule has 0 heterocycles. The second-order valence-corrected chi connectivity index (χ2v) is 5.22. The number of carbonyl (C=O) groups excluding carboxylic acids is 1. The fourth-order valence-electron chi connectivity index (χ4n) is 1.86. The average molecular weight is 252 g/mol. The van der Waals surface area contributed by atoms with Crippen molar-refractivity contribution in [3.05, 3.63) is 28.8 Å². The van der Waals surface area contributed by atoms with E-state index in [1.165, 1.54) is 0 Å². The predicted molar refractivity (Wildman–Crippen MR) is 74.4 cm³/mol. The fraction of sp³-hybridized carbons (Fsp3) is 0.500. The zero-order valence-corrected chi connectivity index (χ0v) is 11.8. The first-order valence-corrected chi connectivity index (χ1v) is 7.01. The van der Waals surface area contributed by atoms with Crippen LogP contribution in [-0.2, 0) is 0 Å². The predicted octanol–water partition coefficient (Wildman–Crippen LogP) is 3.64. The van der Waals surface area contributed by atoms with Crippen LogP contribution in [0.1, 0.15) is 34.8 Å². The van der Waals surface area contributed by atoms with Crippen molar-refractivity contribution in [3.8, 4) is 5.75 Å². The summed E-state index contributed by atoms with van der Waals surface area (Å²) < 4.78 is 5.19. The van der Waals surface area contributed by atoms with E-state index < -0.39 is 0 Å². The Hall–Kier alpha value is -0.960. The molecule has 0 bridgehead atoms. The number of ether oxygens (including phenoxy) is 1. The zero-order valence-electron chi connectivity index (χ0n) is 11.0. The van der Waals surface area contributed by atoms with Gasteiger partial charge in [-0.2, -0.15) is 11.8 Å². The molecule has 0 aromatic heterocycles. The number of carbonyl (C=O) groups is 1. The highest BCUT2D eigenvalue weighted by molar-refractivity contribution is 7.99. The summed E-state index contributed by atoms with van der Waals surface area (Å²) in [5.41, 5.74) is 2.86. The summed E-state index contributed by atoms with van der Waals surface area (Å²) in [5, 5.41) is 0. The summed E-state index contributed by atoms with van der Waals surface area (Å²) in [5.74, 6) is 2.65. The van der Waals surface area contributed by atoms with Gasteiger partial charge in [-0.05, 0) is 49.3 Å². The topological polar surface area (TPSA) is 26.3 Å². The normalized spacial score (nSPS) is 10.4. The number of aryl methyl sites for hydroxylation is 2. The SMILES string of the molecule is CCCSCC(=O)c1c(C)cc(OC)cc1C. The van der Waals surface area contributed by atoms with Crippen molar-refractivity contribution in [2.75, 3.05) is 18.6 Å². The highest BCUT2D eigenvalue weighted by Crippen LogP contribution is 2.23. The van der Waals surface area contributed by atoms with Crippen LogP contribution in [0.3, 0.4) is 0 Å². The highest BCUT2D eigenvalue weighted by Gasteiger charge is 2.13. The van der Waals surface area contributed by atoms with Gasteiger partial charge in [0, 0.05) is 5.56 Å². The Morgan fingerprint density at radius 2 is 1.88 bits per heavy atom. The molecular weight excluding hydrogens is 232 g/mol. The molecule has 0 aliphatic carbocycles. The molecule has 0 radical (unpaired) electrons. The van der Waals surface area contributed by atoms with Gasteiger partial charge < -0.3 is 4.74 Å². The molecule has 0 atom stereocenters. The maximum Gasteiger partial charge on any atom is 0.173 e. The third-order valence-electron chi connectivity index (χ3n) is 2.60. The van der Waals surface area contributed by atoms with Crippen molar-refractivity contribution in [1.29, 1.82) is 0 Å². The molecule has 0 aliphatic rings. The third kappa shape index (κ3) is 3.77. The molecule has 0 spiro atoms. The van der Waals surface area contributed by atoms with Crippen LogP contribution in [0, 0.1) is 13.8 Å². The van der Waals surface area contributed by atoms with Gasteiger partial charge in [-0.1, -0.05) is 6.92 Å². The highest BCUT2D eigenvalue weighted by atomic mass is 32.2. The monoisotopic (exact) mass is 252 g/mol. The maximum absolute atomic E-state index is 12.1. The lowest BCUT2D eigenvalue weighted by molar-refractivity contribution is 0.102. The van der Waals surface area contributed by atoms with Crippen molar-refractivity contribution < 1.29 is 9.53 Å². The van der Waals surface area contributed by atoms with E-state index in [0.29, 0.717) is 5.75 Å². The zero-order chi connectivity index (χ0) is 12.8. The van der Waals surface area contributed by atoms with Crippen molar-refractivity contribution >= 4 is 17.5 Å². The maximum atomic E-state index is 12.1. The summed E-state index contributed by atoms with van der Waals surface area (Å²) in [7, 11) is 1.65. The molecule has 2 nitrogen and oxygen atoms in total. The summed E-state index contributed by atoms with van der Waals surface area (Å²) in [6, 6.07) is 3.84. The van der Waals surface area contributed by atoms with E-state index in [0.717, 1.165) is 34.6 Å². The van der Waals surface area contributed by atoms with E-state index in [1.807, 2.05) is 26.0 Å². The van der Waals surface area contributed by atoms with Crippen molar-refractivity contribution in [2.24, 2.45) is 0 Å². The number of hydrogen-bond donors (Lipinski definition) is 0.